The summed E-state index contributed by atoms with van der Waals surface area (Å²) in [6.07, 6.45) is 1.95. The van der Waals surface area contributed by atoms with Crippen LogP contribution in [0.25, 0.3) is 0 Å². The third kappa shape index (κ3) is 4.73. The summed E-state index contributed by atoms with van der Waals surface area (Å²) in [5.41, 5.74) is 2.72. The van der Waals surface area contributed by atoms with Gasteiger partial charge in [-0.1, -0.05) is 58.7 Å². The average molecular weight is 402 g/mol. The molecule has 3 aromatic rings. The molecule has 0 aliphatic carbocycles. The molecule has 138 valence electrons. The summed E-state index contributed by atoms with van der Waals surface area (Å²) >= 11 is 12.5. The first kappa shape index (κ1) is 19.1. The van der Waals surface area contributed by atoms with Crippen LogP contribution in [-0.4, -0.2) is 18.5 Å². The van der Waals surface area contributed by atoms with Crippen molar-refractivity contribution >= 4 is 29.4 Å². The van der Waals surface area contributed by atoms with Gasteiger partial charge in [0.2, 0.25) is 0 Å². The number of halogens is 2. The standard InChI is InChI=1S/C21H17Cl2NO3/c1-26-20-8-7-17(12-16(20)9-14-5-3-2-4-6-14)27-21-18(22)10-15(13-24-25)11-19(21)23/h2-8,10-13,25H,9H2,1H3/b24-13+. The summed E-state index contributed by atoms with van der Waals surface area (Å²) < 4.78 is 11.4. The van der Waals surface area contributed by atoms with Crippen LogP contribution in [0.15, 0.2) is 65.8 Å². The normalized spacial score (nSPS) is 10.9. The maximum absolute atomic E-state index is 8.65. The van der Waals surface area contributed by atoms with Gasteiger partial charge < -0.3 is 14.7 Å². The largest absolute Gasteiger partial charge is 0.496 e. The highest BCUT2D eigenvalue weighted by Gasteiger charge is 2.13. The molecule has 27 heavy (non-hydrogen) atoms. The molecule has 4 nitrogen and oxygen atoms in total. The van der Waals surface area contributed by atoms with E-state index in [0.717, 1.165) is 16.9 Å². The van der Waals surface area contributed by atoms with Crippen LogP contribution >= 0.6 is 23.2 Å². The molecule has 3 aromatic carbocycles. The van der Waals surface area contributed by atoms with E-state index in [9.17, 15) is 0 Å². The molecular formula is C21H17Cl2NO3. The van der Waals surface area contributed by atoms with E-state index in [2.05, 4.69) is 17.3 Å². The molecule has 0 unspecified atom stereocenters. The van der Waals surface area contributed by atoms with Crippen molar-refractivity contribution in [3.63, 3.8) is 0 Å². The van der Waals surface area contributed by atoms with E-state index in [4.69, 9.17) is 37.9 Å². The SMILES string of the molecule is COc1ccc(Oc2c(Cl)cc(/C=N/O)cc2Cl)cc1Cc1ccccc1. The second kappa shape index (κ2) is 8.80. The molecule has 3 rings (SSSR count). The third-order valence-electron chi connectivity index (χ3n) is 3.94. The molecule has 0 aromatic heterocycles. The lowest BCUT2D eigenvalue weighted by Gasteiger charge is -2.14. The van der Waals surface area contributed by atoms with Gasteiger partial charge in [0.15, 0.2) is 5.75 Å². The third-order valence-corrected chi connectivity index (χ3v) is 4.50. The summed E-state index contributed by atoms with van der Waals surface area (Å²) in [5.74, 6) is 1.70. The van der Waals surface area contributed by atoms with Crippen LogP contribution in [0.3, 0.4) is 0 Å². The molecule has 0 bridgehead atoms. The van der Waals surface area contributed by atoms with Crippen molar-refractivity contribution in [2.45, 2.75) is 6.42 Å². The molecule has 0 spiro atoms. The monoisotopic (exact) mass is 401 g/mol. The number of rotatable bonds is 6. The number of methoxy groups -OCH3 is 1. The Balaban J connectivity index is 1.91. The van der Waals surface area contributed by atoms with Crippen LogP contribution in [0.1, 0.15) is 16.7 Å². The fraction of sp³-hybridized carbons (Fsp3) is 0.0952. The first-order valence-electron chi connectivity index (χ1n) is 8.16. The molecule has 6 heteroatoms. The minimum Gasteiger partial charge on any atom is -0.496 e. The molecule has 0 amide bonds. The zero-order valence-electron chi connectivity index (χ0n) is 14.5. The Labute approximate surface area is 167 Å². The number of nitrogens with zero attached hydrogens (tertiary/aromatic N) is 1. The summed E-state index contributed by atoms with van der Waals surface area (Å²) in [4.78, 5) is 0. The Bertz CT molecular complexity index is 936. The molecular weight excluding hydrogens is 385 g/mol. The van der Waals surface area contributed by atoms with Gasteiger partial charge in [-0.05, 0) is 41.5 Å². The number of ether oxygens (including phenoxy) is 2. The van der Waals surface area contributed by atoms with Crippen molar-refractivity contribution in [1.82, 2.24) is 0 Å². The van der Waals surface area contributed by atoms with Crippen molar-refractivity contribution in [3.05, 3.63) is 87.4 Å². The van der Waals surface area contributed by atoms with Gasteiger partial charge in [-0.3, -0.25) is 0 Å². The van der Waals surface area contributed by atoms with Crippen LogP contribution in [0.4, 0.5) is 0 Å². The first-order valence-corrected chi connectivity index (χ1v) is 8.91. The van der Waals surface area contributed by atoms with Crippen LogP contribution in [-0.2, 0) is 6.42 Å². The van der Waals surface area contributed by atoms with E-state index < -0.39 is 0 Å². The molecule has 0 aliphatic rings. The maximum Gasteiger partial charge on any atom is 0.164 e. The van der Waals surface area contributed by atoms with Crippen molar-refractivity contribution in [1.29, 1.82) is 0 Å². The van der Waals surface area contributed by atoms with Gasteiger partial charge in [0, 0.05) is 12.0 Å². The van der Waals surface area contributed by atoms with Gasteiger partial charge in [-0.15, -0.1) is 0 Å². The molecule has 0 aliphatic heterocycles. The van der Waals surface area contributed by atoms with E-state index in [1.165, 1.54) is 6.21 Å². The van der Waals surface area contributed by atoms with E-state index in [1.807, 2.05) is 30.3 Å². The van der Waals surface area contributed by atoms with Crippen LogP contribution in [0.2, 0.25) is 10.0 Å². The van der Waals surface area contributed by atoms with Crippen molar-refractivity contribution in [2.75, 3.05) is 7.11 Å². The number of oxime groups is 1. The Hall–Kier alpha value is -2.69. The van der Waals surface area contributed by atoms with Crippen LogP contribution in [0.5, 0.6) is 17.2 Å². The van der Waals surface area contributed by atoms with E-state index in [0.29, 0.717) is 33.5 Å². The van der Waals surface area contributed by atoms with Crippen molar-refractivity contribution in [3.8, 4) is 17.2 Å². The van der Waals surface area contributed by atoms with Gasteiger partial charge in [0.05, 0.1) is 23.4 Å². The van der Waals surface area contributed by atoms with Gasteiger partial charge in [0.1, 0.15) is 11.5 Å². The average Bonchev–Trinajstić information content (AvgIpc) is 2.66. The molecule has 0 atom stereocenters. The highest BCUT2D eigenvalue weighted by atomic mass is 35.5. The number of benzene rings is 3. The molecule has 0 heterocycles. The quantitative estimate of drug-likeness (QED) is 0.304. The van der Waals surface area contributed by atoms with Gasteiger partial charge >= 0.3 is 0 Å². The Morgan fingerprint density at radius 2 is 1.70 bits per heavy atom. The second-order valence-corrected chi connectivity index (χ2v) is 6.61. The topological polar surface area (TPSA) is 51.0 Å². The predicted molar refractivity (Wildman–Crippen MR) is 108 cm³/mol. The minimum absolute atomic E-state index is 0.317. The van der Waals surface area contributed by atoms with Gasteiger partial charge in [0.25, 0.3) is 0 Å². The van der Waals surface area contributed by atoms with E-state index in [-0.39, 0.29) is 0 Å². The fourth-order valence-electron chi connectivity index (χ4n) is 2.71. The lowest BCUT2D eigenvalue weighted by Crippen LogP contribution is -1.96. The molecule has 1 N–H and O–H groups in total. The summed E-state index contributed by atoms with van der Waals surface area (Å²) in [5, 5.41) is 12.3. The zero-order chi connectivity index (χ0) is 19.2. The Kier molecular flexibility index (Phi) is 6.22. The van der Waals surface area contributed by atoms with E-state index in [1.54, 1.807) is 25.3 Å². The van der Waals surface area contributed by atoms with Crippen LogP contribution < -0.4 is 9.47 Å². The highest BCUT2D eigenvalue weighted by molar-refractivity contribution is 6.37. The summed E-state index contributed by atoms with van der Waals surface area (Å²) in [6.45, 7) is 0. The van der Waals surface area contributed by atoms with E-state index >= 15 is 0 Å². The Morgan fingerprint density at radius 3 is 2.33 bits per heavy atom. The van der Waals surface area contributed by atoms with Gasteiger partial charge in [-0.25, -0.2) is 0 Å². The molecule has 0 radical (unpaired) electrons. The lowest BCUT2D eigenvalue weighted by atomic mass is 10.0. The molecule has 0 saturated heterocycles. The summed E-state index contributed by atoms with van der Waals surface area (Å²) in [7, 11) is 1.64. The smallest absolute Gasteiger partial charge is 0.164 e. The molecule has 0 fully saturated rings. The maximum atomic E-state index is 8.65. The zero-order valence-corrected chi connectivity index (χ0v) is 16.0. The second-order valence-electron chi connectivity index (χ2n) is 5.80. The van der Waals surface area contributed by atoms with Crippen LogP contribution in [0, 0.1) is 0 Å². The first-order chi connectivity index (χ1) is 13.1. The Morgan fingerprint density at radius 1 is 1.00 bits per heavy atom. The van der Waals surface area contributed by atoms with Crippen molar-refractivity contribution < 1.29 is 14.7 Å². The minimum atomic E-state index is 0.317. The lowest BCUT2D eigenvalue weighted by molar-refractivity contribution is 0.322. The predicted octanol–water partition coefficient (Wildman–Crippen LogP) is 6.19. The highest BCUT2D eigenvalue weighted by Crippen LogP contribution is 2.38. The van der Waals surface area contributed by atoms with Gasteiger partial charge in [-0.2, -0.15) is 0 Å². The van der Waals surface area contributed by atoms with Crippen molar-refractivity contribution in [2.24, 2.45) is 5.16 Å². The summed E-state index contributed by atoms with van der Waals surface area (Å²) in [6, 6.07) is 18.9. The fourth-order valence-corrected chi connectivity index (χ4v) is 3.29. The molecule has 0 saturated carbocycles. The number of hydrogen-bond acceptors (Lipinski definition) is 4. The number of hydrogen-bond donors (Lipinski definition) is 1.